The molecule has 0 N–H and O–H groups in total. The molecular weight excluding hydrogens is 725 g/mol. The number of fused-ring (bicyclic) bond motifs is 5. The largest absolute Gasteiger partial charge is 0.310 e. The first-order valence-electron chi connectivity index (χ1n) is 20.6. The van der Waals surface area contributed by atoms with Crippen molar-refractivity contribution in [2.75, 3.05) is 4.90 Å². The van der Waals surface area contributed by atoms with Crippen LogP contribution in [0.15, 0.2) is 243 Å². The van der Waals surface area contributed by atoms with Gasteiger partial charge in [0.05, 0.1) is 11.0 Å². The van der Waals surface area contributed by atoms with Crippen LogP contribution in [-0.4, -0.2) is 4.57 Å². The van der Waals surface area contributed by atoms with Crippen molar-refractivity contribution >= 4 is 49.6 Å². The average Bonchev–Trinajstić information content (AvgIpc) is 3.68. The Morgan fingerprint density at radius 2 is 0.800 bits per heavy atom. The van der Waals surface area contributed by atoms with Crippen LogP contribution in [0, 0.1) is 0 Å². The Balaban J connectivity index is 1.16. The van der Waals surface area contributed by atoms with Gasteiger partial charge in [0, 0.05) is 38.9 Å². The average molecular weight is 765 g/mol. The lowest BCUT2D eigenvalue weighted by atomic mass is 9.96. The smallest absolute Gasteiger partial charge is 0.0619 e. The van der Waals surface area contributed by atoms with E-state index in [1.165, 1.54) is 60.4 Å². The molecular formula is C58H40N2. The quantitative estimate of drug-likeness (QED) is 0.150. The Kier molecular flexibility index (Phi) is 8.87. The lowest BCUT2D eigenvalue weighted by Crippen LogP contribution is -2.10. The summed E-state index contributed by atoms with van der Waals surface area (Å²) in [5, 5.41) is 4.96. The maximum Gasteiger partial charge on any atom is 0.0619 e. The second-order valence-corrected chi connectivity index (χ2v) is 15.4. The predicted molar refractivity (Wildman–Crippen MR) is 255 cm³/mol. The number of anilines is 3. The fourth-order valence-electron chi connectivity index (χ4n) is 8.96. The molecule has 0 amide bonds. The Morgan fingerprint density at radius 1 is 0.300 bits per heavy atom. The maximum atomic E-state index is 2.45. The molecule has 1 heterocycles. The molecule has 0 aliphatic rings. The van der Waals surface area contributed by atoms with Gasteiger partial charge in [0.2, 0.25) is 0 Å². The molecule has 11 rings (SSSR count). The molecule has 0 atom stereocenters. The molecule has 60 heavy (non-hydrogen) atoms. The molecule has 0 fully saturated rings. The van der Waals surface area contributed by atoms with E-state index in [4.69, 9.17) is 0 Å². The Hall–Kier alpha value is -7.94. The van der Waals surface area contributed by atoms with E-state index in [0.717, 1.165) is 39.4 Å². The number of rotatable bonds is 8. The molecule has 0 aliphatic carbocycles. The molecule has 10 aromatic carbocycles. The van der Waals surface area contributed by atoms with Gasteiger partial charge in [-0.05, 0) is 111 Å². The molecule has 0 radical (unpaired) electrons. The molecule has 0 bridgehead atoms. The van der Waals surface area contributed by atoms with Gasteiger partial charge in [0.15, 0.2) is 0 Å². The van der Waals surface area contributed by atoms with Gasteiger partial charge >= 0.3 is 0 Å². The van der Waals surface area contributed by atoms with Crippen molar-refractivity contribution in [2.24, 2.45) is 0 Å². The number of benzene rings is 10. The predicted octanol–water partition coefficient (Wildman–Crippen LogP) is 16.1. The van der Waals surface area contributed by atoms with Gasteiger partial charge in [0.1, 0.15) is 0 Å². The Morgan fingerprint density at radius 3 is 1.45 bits per heavy atom. The van der Waals surface area contributed by atoms with Gasteiger partial charge in [-0.25, -0.2) is 0 Å². The number of hydrogen-bond donors (Lipinski definition) is 0. The minimum Gasteiger partial charge on any atom is -0.310 e. The zero-order valence-electron chi connectivity index (χ0n) is 33.0. The van der Waals surface area contributed by atoms with E-state index in [1.54, 1.807) is 0 Å². The molecule has 2 heteroatoms. The maximum absolute atomic E-state index is 2.45. The zero-order valence-corrected chi connectivity index (χ0v) is 33.0. The van der Waals surface area contributed by atoms with Crippen LogP contribution in [0.5, 0.6) is 0 Å². The summed E-state index contributed by atoms with van der Waals surface area (Å²) >= 11 is 0. The van der Waals surface area contributed by atoms with E-state index >= 15 is 0 Å². The van der Waals surface area contributed by atoms with Crippen molar-refractivity contribution in [2.45, 2.75) is 0 Å². The third-order valence-electron chi connectivity index (χ3n) is 11.7. The van der Waals surface area contributed by atoms with Crippen molar-refractivity contribution < 1.29 is 0 Å². The number of hydrogen-bond acceptors (Lipinski definition) is 1. The van der Waals surface area contributed by atoms with Crippen LogP contribution in [0.2, 0.25) is 0 Å². The van der Waals surface area contributed by atoms with Gasteiger partial charge in [-0.2, -0.15) is 0 Å². The highest BCUT2D eigenvalue weighted by Crippen LogP contribution is 2.45. The van der Waals surface area contributed by atoms with Crippen LogP contribution in [-0.2, 0) is 0 Å². The van der Waals surface area contributed by atoms with Crippen molar-refractivity contribution in [3.05, 3.63) is 243 Å². The van der Waals surface area contributed by atoms with Crippen LogP contribution in [0.1, 0.15) is 0 Å². The van der Waals surface area contributed by atoms with E-state index in [9.17, 15) is 0 Å². The van der Waals surface area contributed by atoms with E-state index in [1.807, 2.05) is 0 Å². The van der Waals surface area contributed by atoms with Gasteiger partial charge in [0.25, 0.3) is 0 Å². The third kappa shape index (κ3) is 6.32. The second-order valence-electron chi connectivity index (χ2n) is 15.4. The summed E-state index contributed by atoms with van der Waals surface area (Å²) in [4.78, 5) is 2.43. The first-order valence-corrected chi connectivity index (χ1v) is 20.6. The molecule has 2 nitrogen and oxygen atoms in total. The minimum absolute atomic E-state index is 1.08. The van der Waals surface area contributed by atoms with Crippen molar-refractivity contribution in [3.63, 3.8) is 0 Å². The van der Waals surface area contributed by atoms with Gasteiger partial charge in [-0.1, -0.05) is 182 Å². The monoisotopic (exact) mass is 764 g/mol. The minimum atomic E-state index is 1.08. The zero-order chi connectivity index (χ0) is 39.8. The lowest BCUT2D eigenvalue weighted by Gasteiger charge is -2.28. The van der Waals surface area contributed by atoms with Gasteiger partial charge < -0.3 is 9.47 Å². The van der Waals surface area contributed by atoms with E-state index in [-0.39, 0.29) is 0 Å². The number of para-hydroxylation sites is 1. The van der Waals surface area contributed by atoms with Crippen molar-refractivity contribution in [3.8, 4) is 50.2 Å². The first kappa shape index (κ1) is 35.2. The highest BCUT2D eigenvalue weighted by Gasteiger charge is 2.21. The van der Waals surface area contributed by atoms with Crippen LogP contribution >= 0.6 is 0 Å². The molecule has 282 valence electrons. The molecule has 1 aromatic heterocycles. The van der Waals surface area contributed by atoms with Crippen molar-refractivity contribution in [1.29, 1.82) is 0 Å². The summed E-state index contributed by atoms with van der Waals surface area (Å²) in [6.07, 6.45) is 0. The summed E-state index contributed by atoms with van der Waals surface area (Å²) in [6, 6.07) is 88.0. The molecule has 0 spiro atoms. The standard InChI is InChI=1S/C58H40N2/c1-5-18-41(19-6-1)45-25-15-29-50(37-45)59(52-39-47(42-20-7-2-8-21-42)36-48(40-52)43-22-9-3-10-23-43)51-30-16-26-46(38-51)53-32-17-33-56-57(53)55-35-34-44-24-13-14-31-54(44)58(55)60(56)49-27-11-4-12-28-49/h1-40H. The van der Waals surface area contributed by atoms with E-state index in [2.05, 4.69) is 252 Å². The van der Waals surface area contributed by atoms with E-state index < -0.39 is 0 Å². The summed E-state index contributed by atoms with van der Waals surface area (Å²) in [5.74, 6) is 0. The summed E-state index contributed by atoms with van der Waals surface area (Å²) in [7, 11) is 0. The van der Waals surface area contributed by atoms with E-state index in [0.29, 0.717) is 0 Å². The molecule has 0 saturated heterocycles. The van der Waals surface area contributed by atoms with Crippen LogP contribution in [0.4, 0.5) is 17.1 Å². The number of nitrogens with zero attached hydrogens (tertiary/aromatic N) is 2. The molecule has 0 saturated carbocycles. The molecule has 0 unspecified atom stereocenters. The van der Waals surface area contributed by atoms with Crippen LogP contribution < -0.4 is 4.90 Å². The summed E-state index contributed by atoms with van der Waals surface area (Å²) in [5.41, 5.74) is 16.2. The SMILES string of the molecule is c1ccc(-c2cccc(N(c3cc(-c4ccccc4)cc(-c4ccccc4)c3)c3cccc(-c4cccc5c4c4ccc6ccccc6c4n5-c4ccccc4)c3)c2)cc1. The molecule has 11 aromatic rings. The Labute approximate surface area is 350 Å². The summed E-state index contributed by atoms with van der Waals surface area (Å²) in [6.45, 7) is 0. The second kappa shape index (κ2) is 15.1. The fraction of sp³-hybridized carbons (Fsp3) is 0. The van der Waals surface area contributed by atoms with Gasteiger partial charge in [-0.15, -0.1) is 0 Å². The van der Waals surface area contributed by atoms with Crippen LogP contribution in [0.25, 0.3) is 82.8 Å². The Bertz CT molecular complexity index is 3240. The highest BCUT2D eigenvalue weighted by atomic mass is 15.1. The number of aromatic nitrogens is 1. The highest BCUT2D eigenvalue weighted by molar-refractivity contribution is 6.22. The third-order valence-corrected chi connectivity index (χ3v) is 11.7. The fourth-order valence-corrected chi connectivity index (χ4v) is 8.96. The first-order chi connectivity index (χ1) is 29.8. The molecule has 0 aliphatic heterocycles. The van der Waals surface area contributed by atoms with Crippen molar-refractivity contribution in [1.82, 2.24) is 4.57 Å². The normalized spacial score (nSPS) is 11.3. The summed E-state index contributed by atoms with van der Waals surface area (Å²) < 4.78 is 2.45. The topological polar surface area (TPSA) is 8.17 Å². The van der Waals surface area contributed by atoms with Gasteiger partial charge in [-0.3, -0.25) is 0 Å². The lowest BCUT2D eigenvalue weighted by molar-refractivity contribution is 1.19. The van der Waals surface area contributed by atoms with Crippen LogP contribution in [0.3, 0.4) is 0 Å².